The molecule has 0 spiro atoms. The summed E-state index contributed by atoms with van der Waals surface area (Å²) in [6.07, 6.45) is 2.97. The van der Waals surface area contributed by atoms with Crippen molar-refractivity contribution in [2.24, 2.45) is 0 Å². The summed E-state index contributed by atoms with van der Waals surface area (Å²) >= 11 is 0. The number of carbonyl (C=O) groups excluding carboxylic acids is 1. The minimum atomic E-state index is -3.49. The van der Waals surface area contributed by atoms with E-state index in [1.165, 1.54) is 4.31 Å². The number of Topliss-reactive ketones (excluding diaryl/α,β-unsaturated/α-hetero) is 1. The van der Waals surface area contributed by atoms with Crippen LogP contribution in [0.5, 0.6) is 0 Å². The monoisotopic (exact) mass is 463 g/mol. The van der Waals surface area contributed by atoms with E-state index in [2.05, 4.69) is 0 Å². The van der Waals surface area contributed by atoms with Crippen LogP contribution in [-0.4, -0.2) is 45.3 Å². The van der Waals surface area contributed by atoms with E-state index in [1.807, 2.05) is 0 Å². The molecule has 0 bridgehead atoms. The Labute approximate surface area is 185 Å². The zero-order valence-corrected chi connectivity index (χ0v) is 19.6. The van der Waals surface area contributed by atoms with Gasteiger partial charge in [-0.3, -0.25) is 4.79 Å². The number of nitrogens with zero attached hydrogens (tertiary/aromatic N) is 1. The first-order chi connectivity index (χ1) is 14.6. The molecule has 1 heterocycles. The van der Waals surface area contributed by atoms with Gasteiger partial charge in [0, 0.05) is 25.1 Å². The highest BCUT2D eigenvalue weighted by molar-refractivity contribution is 7.91. The van der Waals surface area contributed by atoms with Crippen LogP contribution in [-0.2, 0) is 32.0 Å². The van der Waals surface area contributed by atoms with Crippen LogP contribution in [0, 0.1) is 0 Å². The third-order valence-corrected chi connectivity index (χ3v) is 9.69. The van der Waals surface area contributed by atoms with Crippen molar-refractivity contribution in [3.8, 4) is 0 Å². The van der Waals surface area contributed by atoms with E-state index in [9.17, 15) is 21.6 Å². The Hall–Kier alpha value is -2.03. The van der Waals surface area contributed by atoms with Gasteiger partial charge < -0.3 is 0 Å². The van der Waals surface area contributed by atoms with Crippen LogP contribution in [0.25, 0.3) is 0 Å². The summed E-state index contributed by atoms with van der Waals surface area (Å²) in [5.41, 5.74) is 1.88. The maximum absolute atomic E-state index is 12.7. The number of ketones is 1. The molecular weight excluding hydrogens is 434 g/mol. The maximum atomic E-state index is 12.7. The third-order valence-electron chi connectivity index (χ3n) is 5.60. The Balaban J connectivity index is 1.65. The van der Waals surface area contributed by atoms with Crippen molar-refractivity contribution in [3.63, 3.8) is 0 Å². The standard InChI is InChI=1S/C23H29NO5S2/c1-18(2)30(26,27)17-20-6-10-21(11-7-20)23(25)16-19-8-12-22(13-9-19)31(28,29)24-14-4-3-5-15-24/h6-13,18H,3-5,14-17H2,1-2H3. The number of sulfone groups is 1. The van der Waals surface area contributed by atoms with E-state index in [1.54, 1.807) is 62.4 Å². The molecule has 2 aromatic carbocycles. The number of piperidine rings is 1. The zero-order chi connectivity index (χ0) is 22.6. The molecule has 0 N–H and O–H groups in total. The second-order valence-electron chi connectivity index (χ2n) is 8.26. The molecule has 1 aliphatic rings. The SMILES string of the molecule is CC(C)S(=O)(=O)Cc1ccc(C(=O)Cc2ccc(S(=O)(=O)N3CCCCC3)cc2)cc1. The van der Waals surface area contributed by atoms with Crippen molar-refractivity contribution in [3.05, 3.63) is 65.2 Å². The van der Waals surface area contributed by atoms with Gasteiger partial charge in [-0.25, -0.2) is 16.8 Å². The molecule has 3 rings (SSSR count). The number of carbonyl (C=O) groups is 1. The van der Waals surface area contributed by atoms with Crippen LogP contribution in [0.2, 0.25) is 0 Å². The molecule has 0 saturated carbocycles. The van der Waals surface area contributed by atoms with Crippen LogP contribution < -0.4 is 0 Å². The van der Waals surface area contributed by atoms with Crippen LogP contribution >= 0.6 is 0 Å². The number of benzene rings is 2. The molecule has 0 radical (unpaired) electrons. The molecule has 2 aromatic rings. The number of hydrogen-bond acceptors (Lipinski definition) is 5. The van der Waals surface area contributed by atoms with Crippen LogP contribution in [0.3, 0.4) is 0 Å². The van der Waals surface area contributed by atoms with Gasteiger partial charge >= 0.3 is 0 Å². The largest absolute Gasteiger partial charge is 0.294 e. The molecule has 6 nitrogen and oxygen atoms in total. The van der Waals surface area contributed by atoms with Gasteiger partial charge in [0.2, 0.25) is 10.0 Å². The summed E-state index contributed by atoms with van der Waals surface area (Å²) in [7, 11) is -6.68. The predicted octanol–water partition coefficient (Wildman–Crippen LogP) is 3.61. The van der Waals surface area contributed by atoms with Gasteiger partial charge in [0.15, 0.2) is 15.6 Å². The fraction of sp³-hybridized carbons (Fsp3) is 0.435. The van der Waals surface area contributed by atoms with Gasteiger partial charge in [-0.05, 0) is 49.9 Å². The van der Waals surface area contributed by atoms with Gasteiger partial charge in [0.25, 0.3) is 0 Å². The highest BCUT2D eigenvalue weighted by Gasteiger charge is 2.25. The predicted molar refractivity (Wildman–Crippen MR) is 121 cm³/mol. The van der Waals surface area contributed by atoms with E-state index in [0.717, 1.165) is 24.8 Å². The van der Waals surface area contributed by atoms with Crippen molar-refractivity contribution in [2.75, 3.05) is 13.1 Å². The Morgan fingerprint density at radius 3 is 1.94 bits per heavy atom. The van der Waals surface area contributed by atoms with Gasteiger partial charge in [-0.2, -0.15) is 4.31 Å². The highest BCUT2D eigenvalue weighted by Crippen LogP contribution is 2.21. The normalized spacial score (nSPS) is 15.8. The average molecular weight is 464 g/mol. The van der Waals surface area contributed by atoms with Crippen LogP contribution in [0.4, 0.5) is 0 Å². The molecule has 1 fully saturated rings. The molecule has 1 saturated heterocycles. The van der Waals surface area contributed by atoms with Gasteiger partial charge in [-0.15, -0.1) is 0 Å². The Morgan fingerprint density at radius 2 is 1.39 bits per heavy atom. The van der Waals surface area contributed by atoms with Crippen LogP contribution in [0.1, 0.15) is 54.6 Å². The molecule has 0 atom stereocenters. The second kappa shape index (κ2) is 9.63. The Bertz CT molecular complexity index is 1110. The second-order valence-corrected chi connectivity index (χ2v) is 12.8. The molecule has 0 aromatic heterocycles. The van der Waals surface area contributed by atoms with Gasteiger partial charge in [-0.1, -0.05) is 42.8 Å². The zero-order valence-electron chi connectivity index (χ0n) is 18.0. The molecule has 0 unspecified atom stereocenters. The smallest absolute Gasteiger partial charge is 0.243 e. The van der Waals surface area contributed by atoms with E-state index in [4.69, 9.17) is 0 Å². The van der Waals surface area contributed by atoms with Gasteiger partial charge in [0.05, 0.1) is 15.9 Å². The van der Waals surface area contributed by atoms with Crippen molar-refractivity contribution >= 4 is 25.6 Å². The third kappa shape index (κ3) is 5.81. The van der Waals surface area contributed by atoms with E-state index >= 15 is 0 Å². The van der Waals surface area contributed by atoms with Crippen molar-refractivity contribution < 1.29 is 21.6 Å². The summed E-state index contributed by atoms with van der Waals surface area (Å²) < 4.78 is 51.1. The first kappa shape index (κ1) is 23.6. The highest BCUT2D eigenvalue weighted by atomic mass is 32.2. The molecule has 168 valence electrons. The quantitative estimate of drug-likeness (QED) is 0.558. The van der Waals surface area contributed by atoms with Crippen molar-refractivity contribution in [1.82, 2.24) is 4.31 Å². The molecule has 1 aliphatic heterocycles. The topological polar surface area (TPSA) is 88.6 Å². The fourth-order valence-electron chi connectivity index (χ4n) is 3.51. The minimum Gasteiger partial charge on any atom is -0.294 e. The summed E-state index contributed by atoms with van der Waals surface area (Å²) in [6, 6.07) is 13.1. The number of hydrogen-bond donors (Lipinski definition) is 0. The lowest BCUT2D eigenvalue weighted by Gasteiger charge is -2.25. The van der Waals surface area contributed by atoms with Crippen molar-refractivity contribution in [2.45, 2.75) is 55.4 Å². The average Bonchev–Trinajstić information content (AvgIpc) is 2.75. The van der Waals surface area contributed by atoms with E-state index in [-0.39, 0.29) is 22.9 Å². The maximum Gasteiger partial charge on any atom is 0.243 e. The minimum absolute atomic E-state index is 0.0495. The number of rotatable bonds is 8. The summed E-state index contributed by atoms with van der Waals surface area (Å²) in [5.74, 6) is -0.156. The van der Waals surface area contributed by atoms with E-state index < -0.39 is 25.1 Å². The van der Waals surface area contributed by atoms with E-state index in [0.29, 0.717) is 24.2 Å². The Kier molecular flexibility index (Phi) is 7.34. The molecule has 8 heteroatoms. The number of sulfonamides is 1. The molecular formula is C23H29NO5S2. The first-order valence-corrected chi connectivity index (χ1v) is 13.7. The summed E-state index contributed by atoms with van der Waals surface area (Å²) in [5, 5.41) is -0.449. The Morgan fingerprint density at radius 1 is 0.839 bits per heavy atom. The first-order valence-electron chi connectivity index (χ1n) is 10.5. The lowest BCUT2D eigenvalue weighted by atomic mass is 10.0. The lowest BCUT2D eigenvalue weighted by Crippen LogP contribution is -2.35. The van der Waals surface area contributed by atoms with Gasteiger partial charge in [0.1, 0.15) is 0 Å². The molecule has 31 heavy (non-hydrogen) atoms. The molecule has 0 amide bonds. The fourth-order valence-corrected chi connectivity index (χ4v) is 6.01. The lowest BCUT2D eigenvalue weighted by molar-refractivity contribution is 0.0993. The molecule has 0 aliphatic carbocycles. The van der Waals surface area contributed by atoms with Crippen LogP contribution in [0.15, 0.2) is 53.4 Å². The summed E-state index contributed by atoms with van der Waals surface area (Å²) in [4.78, 5) is 12.9. The summed E-state index contributed by atoms with van der Waals surface area (Å²) in [6.45, 7) is 4.40. The van der Waals surface area contributed by atoms with Crippen molar-refractivity contribution in [1.29, 1.82) is 0 Å².